The molecule has 0 saturated carbocycles. The largest absolute Gasteiger partial charge is 0.481 e. The van der Waals surface area contributed by atoms with E-state index in [0.717, 1.165) is 27.6 Å². The fourth-order valence-electron chi connectivity index (χ4n) is 5.25. The first-order valence-electron chi connectivity index (χ1n) is 12.9. The van der Waals surface area contributed by atoms with E-state index in [1.807, 2.05) is 73.7 Å². The standard InChI is InChI=1S/C31H25N5O4/c1-18-7-9-22-21(15-18)29(19-5-3-2-4-6-19)30(31(40)34-22)25-17-26(36(35-25)27(37)11-12-28(38)39)20-8-10-23-24(16-20)33-14-13-32-23/h2-10,13-16,26H,11-12,17H2,1H3,(H,34,40)(H,38,39). The molecule has 3 heterocycles. The highest BCUT2D eigenvalue weighted by Gasteiger charge is 2.35. The fourth-order valence-corrected chi connectivity index (χ4v) is 5.25. The van der Waals surface area contributed by atoms with E-state index in [1.54, 1.807) is 12.4 Å². The molecule has 1 amide bonds. The lowest BCUT2D eigenvalue weighted by Gasteiger charge is -2.22. The number of rotatable bonds is 6. The number of fused-ring (bicyclic) bond motifs is 2. The maximum absolute atomic E-state index is 13.7. The predicted octanol–water partition coefficient (Wildman–Crippen LogP) is 4.99. The van der Waals surface area contributed by atoms with E-state index in [0.29, 0.717) is 27.8 Å². The van der Waals surface area contributed by atoms with Gasteiger partial charge in [0.25, 0.3) is 5.56 Å². The van der Waals surface area contributed by atoms with E-state index in [2.05, 4.69) is 15.0 Å². The zero-order valence-electron chi connectivity index (χ0n) is 21.7. The lowest BCUT2D eigenvalue weighted by atomic mass is 9.90. The minimum atomic E-state index is -1.07. The number of hydrogen-bond acceptors (Lipinski definition) is 6. The third-order valence-corrected chi connectivity index (χ3v) is 7.12. The van der Waals surface area contributed by atoms with Crippen LogP contribution in [0.2, 0.25) is 0 Å². The molecule has 0 radical (unpaired) electrons. The van der Waals surface area contributed by atoms with Gasteiger partial charge in [0.2, 0.25) is 5.91 Å². The molecule has 6 rings (SSSR count). The summed E-state index contributed by atoms with van der Waals surface area (Å²) >= 11 is 0. The van der Waals surface area contributed by atoms with Gasteiger partial charge in [0.1, 0.15) is 0 Å². The van der Waals surface area contributed by atoms with Crippen molar-refractivity contribution in [2.45, 2.75) is 32.2 Å². The molecule has 0 saturated heterocycles. The summed E-state index contributed by atoms with van der Waals surface area (Å²) in [6.07, 6.45) is 2.95. The van der Waals surface area contributed by atoms with E-state index in [9.17, 15) is 19.5 Å². The van der Waals surface area contributed by atoms with Gasteiger partial charge in [-0.3, -0.25) is 24.4 Å². The van der Waals surface area contributed by atoms with Crippen LogP contribution in [0.25, 0.3) is 33.1 Å². The average molecular weight is 532 g/mol. The number of hydrazone groups is 1. The van der Waals surface area contributed by atoms with Gasteiger partial charge in [-0.2, -0.15) is 5.10 Å². The number of aliphatic carboxylic acids is 1. The third-order valence-electron chi connectivity index (χ3n) is 7.12. The smallest absolute Gasteiger partial charge is 0.303 e. The molecule has 2 aromatic heterocycles. The Balaban J connectivity index is 1.53. The fraction of sp³-hybridized carbons (Fsp3) is 0.161. The number of H-pyrrole nitrogens is 1. The molecular weight excluding hydrogens is 506 g/mol. The van der Waals surface area contributed by atoms with E-state index in [-0.39, 0.29) is 24.8 Å². The lowest BCUT2D eigenvalue weighted by Crippen LogP contribution is -2.27. The summed E-state index contributed by atoms with van der Waals surface area (Å²) in [6, 6.07) is 20.5. The van der Waals surface area contributed by atoms with Gasteiger partial charge in [-0.05, 0) is 42.3 Å². The summed E-state index contributed by atoms with van der Waals surface area (Å²) < 4.78 is 0. The average Bonchev–Trinajstić information content (AvgIpc) is 3.41. The van der Waals surface area contributed by atoms with Gasteiger partial charge in [-0.1, -0.05) is 48.0 Å². The first kappa shape index (κ1) is 25.1. The Morgan fingerprint density at radius 1 is 0.950 bits per heavy atom. The summed E-state index contributed by atoms with van der Waals surface area (Å²) in [5.74, 6) is -1.50. The Bertz CT molecular complexity index is 1880. The molecule has 1 aliphatic rings. The number of aromatic amines is 1. The number of nitrogens with one attached hydrogen (secondary N) is 1. The number of pyridine rings is 1. The van der Waals surface area contributed by atoms with Crippen molar-refractivity contribution in [2.24, 2.45) is 5.10 Å². The Morgan fingerprint density at radius 3 is 2.50 bits per heavy atom. The normalized spacial score (nSPS) is 15.0. The third kappa shape index (κ3) is 4.62. The molecule has 0 bridgehead atoms. The summed E-state index contributed by atoms with van der Waals surface area (Å²) in [5.41, 5.74) is 6.02. The van der Waals surface area contributed by atoms with Gasteiger partial charge >= 0.3 is 5.97 Å². The summed E-state index contributed by atoms with van der Waals surface area (Å²) in [4.78, 5) is 49.9. The second-order valence-electron chi connectivity index (χ2n) is 9.82. The number of carbonyl (C=O) groups excluding carboxylic acids is 1. The van der Waals surface area contributed by atoms with Gasteiger partial charge in [-0.25, -0.2) is 5.01 Å². The first-order valence-corrected chi connectivity index (χ1v) is 12.9. The molecule has 1 unspecified atom stereocenters. The van der Waals surface area contributed by atoms with Gasteiger partial charge in [-0.15, -0.1) is 0 Å². The van der Waals surface area contributed by atoms with Gasteiger partial charge in [0.15, 0.2) is 0 Å². The predicted molar refractivity (Wildman–Crippen MR) is 152 cm³/mol. The molecule has 1 aliphatic heterocycles. The SMILES string of the molecule is Cc1ccc2[nH]c(=O)c(C3=NN(C(=O)CCC(=O)O)C(c4ccc5nccnc5c4)C3)c(-c3ccccc3)c2c1. The van der Waals surface area contributed by atoms with E-state index in [1.165, 1.54) is 5.01 Å². The molecule has 9 heteroatoms. The van der Waals surface area contributed by atoms with Crippen LogP contribution in [0.1, 0.15) is 42.0 Å². The summed E-state index contributed by atoms with van der Waals surface area (Å²) in [7, 11) is 0. The lowest BCUT2D eigenvalue weighted by molar-refractivity contribution is -0.141. The van der Waals surface area contributed by atoms with Crippen LogP contribution in [0.5, 0.6) is 0 Å². The van der Waals surface area contributed by atoms with Crippen molar-refractivity contribution in [3.63, 3.8) is 0 Å². The first-order chi connectivity index (χ1) is 19.4. The Morgan fingerprint density at radius 2 is 1.73 bits per heavy atom. The molecule has 40 heavy (non-hydrogen) atoms. The second kappa shape index (κ2) is 10.2. The van der Waals surface area contributed by atoms with Crippen molar-refractivity contribution in [1.82, 2.24) is 20.0 Å². The topological polar surface area (TPSA) is 129 Å². The molecule has 0 aliphatic carbocycles. The monoisotopic (exact) mass is 531 g/mol. The quantitative estimate of drug-likeness (QED) is 0.318. The molecule has 198 valence electrons. The van der Waals surface area contributed by atoms with E-state index >= 15 is 0 Å². The number of carboxylic acids is 1. The van der Waals surface area contributed by atoms with Crippen LogP contribution in [0.4, 0.5) is 0 Å². The molecule has 0 spiro atoms. The zero-order valence-corrected chi connectivity index (χ0v) is 21.7. The highest BCUT2D eigenvalue weighted by molar-refractivity contribution is 6.13. The minimum Gasteiger partial charge on any atom is -0.481 e. The minimum absolute atomic E-state index is 0.213. The molecule has 5 aromatic rings. The van der Waals surface area contributed by atoms with Crippen molar-refractivity contribution < 1.29 is 14.7 Å². The number of amides is 1. The van der Waals surface area contributed by atoms with Crippen LogP contribution in [-0.4, -0.2) is 42.7 Å². The Labute approximate surface area is 228 Å². The highest BCUT2D eigenvalue weighted by atomic mass is 16.4. The van der Waals surface area contributed by atoms with Gasteiger partial charge < -0.3 is 10.1 Å². The molecule has 3 aromatic carbocycles. The number of carbonyl (C=O) groups is 2. The van der Waals surface area contributed by atoms with E-state index < -0.39 is 17.9 Å². The van der Waals surface area contributed by atoms with Crippen molar-refractivity contribution in [2.75, 3.05) is 0 Å². The van der Waals surface area contributed by atoms with Gasteiger partial charge in [0.05, 0.1) is 34.8 Å². The van der Waals surface area contributed by atoms with Crippen LogP contribution in [0, 0.1) is 6.92 Å². The second-order valence-corrected chi connectivity index (χ2v) is 9.82. The Hall–Kier alpha value is -5.18. The number of benzene rings is 3. The summed E-state index contributed by atoms with van der Waals surface area (Å²) in [6.45, 7) is 1.99. The molecule has 9 nitrogen and oxygen atoms in total. The number of aromatic nitrogens is 3. The van der Waals surface area contributed by atoms with Crippen molar-refractivity contribution in [3.05, 3.63) is 106 Å². The Kier molecular flexibility index (Phi) is 6.39. The van der Waals surface area contributed by atoms with Crippen LogP contribution in [0.15, 0.2) is 89.0 Å². The number of nitrogens with zero attached hydrogens (tertiary/aromatic N) is 4. The zero-order chi connectivity index (χ0) is 27.8. The maximum atomic E-state index is 13.7. The molecular formula is C31H25N5O4. The van der Waals surface area contributed by atoms with Crippen molar-refractivity contribution in [1.29, 1.82) is 0 Å². The number of hydrogen-bond donors (Lipinski definition) is 2. The summed E-state index contributed by atoms with van der Waals surface area (Å²) in [5, 5.41) is 16.1. The van der Waals surface area contributed by atoms with Gasteiger partial charge in [0, 0.05) is 41.7 Å². The number of aryl methyl sites for hydroxylation is 1. The van der Waals surface area contributed by atoms with Crippen molar-refractivity contribution >= 4 is 39.5 Å². The highest BCUT2D eigenvalue weighted by Crippen LogP contribution is 2.38. The van der Waals surface area contributed by atoms with E-state index in [4.69, 9.17) is 5.10 Å². The van der Waals surface area contributed by atoms with Crippen molar-refractivity contribution in [3.8, 4) is 11.1 Å². The molecule has 0 fully saturated rings. The van der Waals surface area contributed by atoms with Crippen LogP contribution in [0.3, 0.4) is 0 Å². The maximum Gasteiger partial charge on any atom is 0.303 e. The van der Waals surface area contributed by atoms with Crippen LogP contribution >= 0.6 is 0 Å². The number of carboxylic acid groups (broad SMARTS) is 1. The molecule has 2 N–H and O–H groups in total. The molecule has 1 atom stereocenters. The van der Waals surface area contributed by atoms with Crippen LogP contribution in [-0.2, 0) is 9.59 Å². The van der Waals surface area contributed by atoms with Crippen LogP contribution < -0.4 is 5.56 Å².